The quantitative estimate of drug-likeness (QED) is 0.828. The van der Waals surface area contributed by atoms with Crippen molar-refractivity contribution in [3.05, 3.63) is 35.9 Å². The van der Waals surface area contributed by atoms with Crippen molar-refractivity contribution in [2.45, 2.75) is 12.5 Å². The number of rotatable bonds is 3. The van der Waals surface area contributed by atoms with E-state index in [0.29, 0.717) is 0 Å². The summed E-state index contributed by atoms with van der Waals surface area (Å²) in [5.74, 6) is -0.00245. The Balaban J connectivity index is 2.45. The molecule has 3 atom stereocenters. The van der Waals surface area contributed by atoms with E-state index in [9.17, 15) is 4.79 Å². The molecule has 0 aliphatic heterocycles. The lowest BCUT2D eigenvalue weighted by atomic mass is 10.00. The van der Waals surface area contributed by atoms with Crippen LogP contribution in [-0.4, -0.2) is 24.9 Å². The van der Waals surface area contributed by atoms with Gasteiger partial charge < -0.3 is 5.73 Å². The number of carbonyl (C=O) groups is 1. The van der Waals surface area contributed by atoms with E-state index in [2.05, 4.69) is 24.0 Å². The van der Waals surface area contributed by atoms with Gasteiger partial charge in [0.2, 0.25) is 5.91 Å². The van der Waals surface area contributed by atoms with E-state index in [0.717, 1.165) is 0 Å². The van der Waals surface area contributed by atoms with Crippen molar-refractivity contribution < 1.29 is 4.79 Å². The Morgan fingerprint density at radius 2 is 1.88 bits per heavy atom. The molecule has 0 spiro atoms. The van der Waals surface area contributed by atoms with E-state index >= 15 is 0 Å². The van der Waals surface area contributed by atoms with Gasteiger partial charge in [-0.1, -0.05) is 37.3 Å². The second-order valence-electron chi connectivity index (χ2n) is 4.75. The summed E-state index contributed by atoms with van der Waals surface area (Å²) in [6, 6.07) is 10.1. The molecule has 1 fully saturated rings. The lowest BCUT2D eigenvalue weighted by Gasteiger charge is -2.26. The molecule has 1 aromatic rings. The molecule has 0 radical (unpaired) electrons. The summed E-state index contributed by atoms with van der Waals surface area (Å²) in [5.41, 5.74) is 6.45. The van der Waals surface area contributed by atoms with Gasteiger partial charge in [0.05, 0.1) is 11.5 Å². The largest absolute Gasteiger partial charge is 0.369 e. The minimum atomic E-state index is -0.204. The van der Waals surface area contributed by atoms with Crippen molar-refractivity contribution in [1.82, 2.24) is 4.90 Å². The first-order valence-electron chi connectivity index (χ1n) is 5.55. The third kappa shape index (κ3) is 1.28. The number of nitrogens with two attached hydrogens (primary N) is 1. The standard InChI is InChI=1S/C13H18N2O/c1-9-11(12(14)16)13(9,15(2)3)10-7-5-4-6-8-10/h4-9,11H,1-3H3,(H2,14,16)/t9?,11-,13?/m1/s1. The van der Waals surface area contributed by atoms with Crippen LogP contribution < -0.4 is 5.73 Å². The van der Waals surface area contributed by atoms with Gasteiger partial charge in [0.25, 0.3) is 0 Å². The highest BCUT2D eigenvalue weighted by Crippen LogP contribution is 2.60. The van der Waals surface area contributed by atoms with Gasteiger partial charge in [0.1, 0.15) is 0 Å². The fourth-order valence-corrected chi connectivity index (χ4v) is 3.10. The van der Waals surface area contributed by atoms with Gasteiger partial charge in [-0.2, -0.15) is 0 Å². The number of hydrogen-bond acceptors (Lipinski definition) is 2. The Hall–Kier alpha value is -1.35. The zero-order chi connectivity index (χ0) is 11.9. The number of amides is 1. The van der Waals surface area contributed by atoms with E-state index in [4.69, 9.17) is 5.73 Å². The van der Waals surface area contributed by atoms with Crippen LogP contribution >= 0.6 is 0 Å². The molecular weight excluding hydrogens is 200 g/mol. The number of primary amides is 1. The molecule has 1 amide bonds. The molecule has 2 unspecified atom stereocenters. The van der Waals surface area contributed by atoms with Crippen LogP contribution in [0.3, 0.4) is 0 Å². The van der Waals surface area contributed by atoms with E-state index in [1.54, 1.807) is 0 Å². The van der Waals surface area contributed by atoms with Gasteiger partial charge in [0.15, 0.2) is 0 Å². The molecule has 0 aromatic heterocycles. The van der Waals surface area contributed by atoms with Gasteiger partial charge in [0, 0.05) is 0 Å². The van der Waals surface area contributed by atoms with Gasteiger partial charge in [-0.15, -0.1) is 0 Å². The second kappa shape index (κ2) is 3.59. The van der Waals surface area contributed by atoms with Crippen molar-refractivity contribution in [1.29, 1.82) is 0 Å². The van der Waals surface area contributed by atoms with E-state index < -0.39 is 0 Å². The first-order valence-corrected chi connectivity index (χ1v) is 5.55. The first-order chi connectivity index (χ1) is 7.52. The van der Waals surface area contributed by atoms with E-state index in [1.165, 1.54) is 5.56 Å². The summed E-state index contributed by atoms with van der Waals surface area (Å²) in [6.45, 7) is 2.09. The van der Waals surface area contributed by atoms with Crippen molar-refractivity contribution in [2.24, 2.45) is 17.6 Å². The van der Waals surface area contributed by atoms with Crippen LogP contribution in [0.5, 0.6) is 0 Å². The molecule has 16 heavy (non-hydrogen) atoms. The predicted molar refractivity (Wildman–Crippen MR) is 63.7 cm³/mol. The van der Waals surface area contributed by atoms with Crippen LogP contribution in [-0.2, 0) is 10.3 Å². The van der Waals surface area contributed by atoms with Crippen LogP contribution in [0.1, 0.15) is 12.5 Å². The summed E-state index contributed by atoms with van der Waals surface area (Å²) in [5, 5.41) is 0. The fourth-order valence-electron chi connectivity index (χ4n) is 3.10. The molecule has 0 heterocycles. The predicted octanol–water partition coefficient (Wildman–Crippen LogP) is 1.19. The average molecular weight is 218 g/mol. The van der Waals surface area contributed by atoms with Gasteiger partial charge >= 0.3 is 0 Å². The summed E-state index contributed by atoms with van der Waals surface area (Å²) in [4.78, 5) is 13.6. The van der Waals surface area contributed by atoms with Crippen LogP contribution in [0.4, 0.5) is 0 Å². The molecule has 0 saturated heterocycles. The van der Waals surface area contributed by atoms with Gasteiger partial charge in [-0.3, -0.25) is 9.69 Å². The molecular formula is C13H18N2O. The van der Waals surface area contributed by atoms with E-state index in [1.807, 2.05) is 32.3 Å². The zero-order valence-corrected chi connectivity index (χ0v) is 9.97. The minimum Gasteiger partial charge on any atom is -0.369 e. The van der Waals surface area contributed by atoms with Crippen molar-refractivity contribution in [3.8, 4) is 0 Å². The molecule has 3 nitrogen and oxygen atoms in total. The Labute approximate surface area is 96.2 Å². The third-order valence-electron chi connectivity index (χ3n) is 3.84. The average Bonchev–Trinajstić information content (AvgIpc) is 2.87. The van der Waals surface area contributed by atoms with Crippen molar-refractivity contribution in [2.75, 3.05) is 14.1 Å². The topological polar surface area (TPSA) is 46.3 Å². The first kappa shape index (κ1) is 11.1. The summed E-state index contributed by atoms with van der Waals surface area (Å²) in [7, 11) is 4.01. The minimum absolute atomic E-state index is 0.0788. The normalized spacial score (nSPS) is 32.8. The van der Waals surface area contributed by atoms with Gasteiger partial charge in [-0.05, 0) is 25.6 Å². The third-order valence-corrected chi connectivity index (χ3v) is 3.84. The molecule has 3 heteroatoms. The van der Waals surface area contributed by atoms with Crippen molar-refractivity contribution >= 4 is 5.91 Å². The van der Waals surface area contributed by atoms with Crippen LogP contribution in [0.15, 0.2) is 30.3 Å². The van der Waals surface area contributed by atoms with Gasteiger partial charge in [-0.25, -0.2) is 0 Å². The van der Waals surface area contributed by atoms with E-state index in [-0.39, 0.29) is 23.3 Å². The lowest BCUT2D eigenvalue weighted by molar-refractivity contribution is -0.120. The monoisotopic (exact) mass is 218 g/mol. The number of nitrogens with zero attached hydrogens (tertiary/aromatic N) is 1. The Kier molecular flexibility index (Phi) is 2.50. The highest BCUT2D eigenvalue weighted by molar-refractivity contribution is 5.83. The molecule has 1 aromatic carbocycles. The second-order valence-corrected chi connectivity index (χ2v) is 4.75. The zero-order valence-electron chi connectivity index (χ0n) is 9.97. The fraction of sp³-hybridized carbons (Fsp3) is 0.462. The highest BCUT2D eigenvalue weighted by atomic mass is 16.1. The molecule has 86 valence electrons. The summed E-state index contributed by atoms with van der Waals surface area (Å²) >= 11 is 0. The summed E-state index contributed by atoms with van der Waals surface area (Å²) < 4.78 is 0. The SMILES string of the molecule is CC1[C@H](C(N)=O)C1(c1ccccc1)N(C)C. The molecule has 1 aliphatic rings. The maximum atomic E-state index is 11.5. The maximum absolute atomic E-state index is 11.5. The van der Waals surface area contributed by atoms with Crippen LogP contribution in [0, 0.1) is 11.8 Å². The Morgan fingerprint density at radius 1 is 1.31 bits per heavy atom. The maximum Gasteiger partial charge on any atom is 0.223 e. The van der Waals surface area contributed by atoms with Crippen molar-refractivity contribution in [3.63, 3.8) is 0 Å². The number of carbonyl (C=O) groups excluding carboxylic acids is 1. The molecule has 2 N–H and O–H groups in total. The molecule has 2 rings (SSSR count). The Bertz CT molecular complexity index is 402. The van der Waals surface area contributed by atoms with Crippen LogP contribution in [0.2, 0.25) is 0 Å². The number of hydrogen-bond donors (Lipinski definition) is 1. The molecule has 1 saturated carbocycles. The highest BCUT2D eigenvalue weighted by Gasteiger charge is 2.67. The lowest BCUT2D eigenvalue weighted by Crippen LogP contribution is -2.34. The summed E-state index contributed by atoms with van der Waals surface area (Å²) in [6.07, 6.45) is 0. The van der Waals surface area contributed by atoms with Crippen LogP contribution in [0.25, 0.3) is 0 Å². The molecule has 1 aliphatic carbocycles. The Morgan fingerprint density at radius 3 is 2.25 bits per heavy atom. The smallest absolute Gasteiger partial charge is 0.223 e. The number of benzene rings is 1. The molecule has 0 bridgehead atoms.